The topological polar surface area (TPSA) is 56.0 Å². The zero-order valence-corrected chi connectivity index (χ0v) is 17.2. The number of aromatic nitrogens is 4. The zero-order chi connectivity index (χ0) is 20.4. The molecule has 0 spiro atoms. The average molecular weight is 408 g/mol. The fraction of sp³-hybridized carbons (Fsp3) is 0.227. The molecule has 29 heavy (non-hydrogen) atoms. The van der Waals surface area contributed by atoms with Crippen LogP contribution in [0.4, 0.5) is 0 Å². The highest BCUT2D eigenvalue weighted by Gasteiger charge is 2.16. The molecule has 7 heteroatoms. The summed E-state index contributed by atoms with van der Waals surface area (Å²) in [5.41, 5.74) is 3.75. The Hall–Kier alpha value is -3.12. The summed E-state index contributed by atoms with van der Waals surface area (Å²) in [5.74, 6) is -0.138. The van der Waals surface area contributed by atoms with E-state index in [0.29, 0.717) is 23.8 Å². The van der Waals surface area contributed by atoms with E-state index < -0.39 is 0 Å². The molecule has 2 aromatic heterocycles. The van der Waals surface area contributed by atoms with Crippen LogP contribution in [0.5, 0.6) is 0 Å². The van der Waals surface area contributed by atoms with Gasteiger partial charge >= 0.3 is 0 Å². The van der Waals surface area contributed by atoms with Crippen molar-refractivity contribution in [1.29, 1.82) is 0 Å². The number of halogens is 1. The van der Waals surface area contributed by atoms with E-state index in [4.69, 9.17) is 11.6 Å². The number of hydrogen-bond acceptors (Lipinski definition) is 3. The molecule has 0 atom stereocenters. The maximum Gasteiger partial charge on any atom is 0.275 e. The number of rotatable bonds is 6. The standard InChI is InChI=1S/C22H22ClN5O/c1-16-13-18-5-3-4-6-21(18)28(16)12-11-26(2)22(29)20-15-27(25-24-20)14-17-7-9-19(23)10-8-17/h3-10,13,15H,11-12,14H2,1-2H3. The van der Waals surface area contributed by atoms with Crippen LogP contribution in [0.1, 0.15) is 21.7 Å². The van der Waals surface area contributed by atoms with Crippen molar-refractivity contribution < 1.29 is 4.79 Å². The van der Waals surface area contributed by atoms with E-state index in [0.717, 1.165) is 12.1 Å². The quantitative estimate of drug-likeness (QED) is 0.485. The van der Waals surface area contributed by atoms with Crippen molar-refractivity contribution in [1.82, 2.24) is 24.5 Å². The first-order chi connectivity index (χ1) is 14.0. The highest BCUT2D eigenvalue weighted by atomic mass is 35.5. The Morgan fingerprint density at radius 1 is 1.14 bits per heavy atom. The molecule has 6 nitrogen and oxygen atoms in total. The maximum atomic E-state index is 12.7. The third kappa shape index (κ3) is 4.17. The van der Waals surface area contributed by atoms with Gasteiger partial charge in [0.25, 0.3) is 5.91 Å². The Labute approximate surface area is 174 Å². The molecule has 4 rings (SSSR count). The Bertz CT molecular complexity index is 1150. The minimum Gasteiger partial charge on any atom is -0.343 e. The number of benzene rings is 2. The van der Waals surface area contributed by atoms with Crippen molar-refractivity contribution in [2.24, 2.45) is 0 Å². The molecule has 0 aliphatic rings. The number of nitrogens with zero attached hydrogens (tertiary/aromatic N) is 5. The van der Waals surface area contributed by atoms with Gasteiger partial charge in [-0.05, 0) is 42.1 Å². The number of amides is 1. The van der Waals surface area contributed by atoms with Crippen LogP contribution < -0.4 is 0 Å². The van der Waals surface area contributed by atoms with E-state index in [1.807, 2.05) is 36.4 Å². The summed E-state index contributed by atoms with van der Waals surface area (Å²) in [6.07, 6.45) is 1.68. The van der Waals surface area contributed by atoms with Crippen molar-refractivity contribution in [3.63, 3.8) is 0 Å². The second kappa shape index (κ2) is 8.09. The van der Waals surface area contributed by atoms with E-state index in [9.17, 15) is 4.79 Å². The van der Waals surface area contributed by atoms with Gasteiger partial charge in [-0.1, -0.05) is 47.1 Å². The third-order valence-corrected chi connectivity index (χ3v) is 5.29. The van der Waals surface area contributed by atoms with Crippen LogP contribution in [0.2, 0.25) is 5.02 Å². The largest absolute Gasteiger partial charge is 0.343 e. The van der Waals surface area contributed by atoms with Gasteiger partial charge in [0, 0.05) is 36.4 Å². The molecular formula is C22H22ClN5O. The highest BCUT2D eigenvalue weighted by molar-refractivity contribution is 6.30. The molecule has 0 aliphatic carbocycles. The summed E-state index contributed by atoms with van der Waals surface area (Å²) >= 11 is 5.92. The first-order valence-electron chi connectivity index (χ1n) is 9.46. The Morgan fingerprint density at radius 2 is 1.90 bits per heavy atom. The predicted octanol–water partition coefficient (Wildman–Crippen LogP) is 4.02. The molecule has 0 saturated carbocycles. The molecular weight excluding hydrogens is 386 g/mol. The van der Waals surface area contributed by atoms with E-state index in [1.165, 1.54) is 16.6 Å². The fourth-order valence-electron chi connectivity index (χ4n) is 3.44. The molecule has 4 aromatic rings. The number of para-hydroxylation sites is 1. The van der Waals surface area contributed by atoms with Crippen molar-refractivity contribution in [3.8, 4) is 0 Å². The molecule has 0 aliphatic heterocycles. The maximum absolute atomic E-state index is 12.7. The predicted molar refractivity (Wildman–Crippen MR) is 114 cm³/mol. The highest BCUT2D eigenvalue weighted by Crippen LogP contribution is 2.19. The van der Waals surface area contributed by atoms with Gasteiger partial charge in [0.1, 0.15) is 0 Å². The van der Waals surface area contributed by atoms with E-state index in [2.05, 4.69) is 40.0 Å². The molecule has 0 bridgehead atoms. The molecule has 0 N–H and O–H groups in total. The van der Waals surface area contributed by atoms with Crippen LogP contribution in [-0.2, 0) is 13.1 Å². The van der Waals surface area contributed by atoms with Crippen LogP contribution in [0, 0.1) is 6.92 Å². The minimum atomic E-state index is -0.138. The number of hydrogen-bond donors (Lipinski definition) is 0. The lowest BCUT2D eigenvalue weighted by Gasteiger charge is -2.17. The summed E-state index contributed by atoms with van der Waals surface area (Å²) in [5, 5.41) is 10.0. The third-order valence-electron chi connectivity index (χ3n) is 5.04. The molecule has 0 radical (unpaired) electrons. The van der Waals surface area contributed by atoms with Gasteiger partial charge in [0.15, 0.2) is 5.69 Å². The Morgan fingerprint density at radius 3 is 2.69 bits per heavy atom. The van der Waals surface area contributed by atoms with Gasteiger partial charge < -0.3 is 9.47 Å². The fourth-order valence-corrected chi connectivity index (χ4v) is 3.57. The smallest absolute Gasteiger partial charge is 0.275 e. The van der Waals surface area contributed by atoms with Gasteiger partial charge in [0.2, 0.25) is 0 Å². The van der Waals surface area contributed by atoms with Gasteiger partial charge in [-0.2, -0.15) is 0 Å². The number of likely N-dealkylation sites (N-methyl/N-ethyl adjacent to an activating group) is 1. The minimum absolute atomic E-state index is 0.138. The normalized spacial score (nSPS) is 11.1. The summed E-state index contributed by atoms with van der Waals surface area (Å²) in [7, 11) is 1.79. The summed E-state index contributed by atoms with van der Waals surface area (Å²) in [4.78, 5) is 14.4. The molecule has 0 unspecified atom stereocenters. The monoisotopic (exact) mass is 407 g/mol. The first-order valence-corrected chi connectivity index (χ1v) is 9.84. The van der Waals surface area contributed by atoms with Gasteiger partial charge in [-0.3, -0.25) is 4.79 Å². The second-order valence-electron chi connectivity index (χ2n) is 7.15. The van der Waals surface area contributed by atoms with Gasteiger partial charge in [-0.15, -0.1) is 5.10 Å². The zero-order valence-electron chi connectivity index (χ0n) is 16.4. The van der Waals surface area contributed by atoms with Gasteiger partial charge in [0.05, 0.1) is 12.7 Å². The van der Waals surface area contributed by atoms with Gasteiger partial charge in [-0.25, -0.2) is 4.68 Å². The van der Waals surface area contributed by atoms with Crippen molar-refractivity contribution >= 4 is 28.4 Å². The molecule has 0 saturated heterocycles. The lowest BCUT2D eigenvalue weighted by atomic mass is 10.2. The number of fused-ring (bicyclic) bond motifs is 1. The van der Waals surface area contributed by atoms with Crippen LogP contribution in [-0.4, -0.2) is 44.0 Å². The lowest BCUT2D eigenvalue weighted by Crippen LogP contribution is -2.30. The van der Waals surface area contributed by atoms with E-state index in [1.54, 1.807) is 22.8 Å². The van der Waals surface area contributed by atoms with Crippen molar-refractivity contribution in [3.05, 3.63) is 82.8 Å². The summed E-state index contributed by atoms with van der Waals surface area (Å²) < 4.78 is 3.89. The van der Waals surface area contributed by atoms with Crippen molar-refractivity contribution in [2.45, 2.75) is 20.0 Å². The van der Waals surface area contributed by atoms with Crippen LogP contribution in [0.3, 0.4) is 0 Å². The number of carbonyl (C=O) groups excluding carboxylic acids is 1. The summed E-state index contributed by atoms with van der Waals surface area (Å²) in [6.45, 7) is 3.93. The van der Waals surface area contributed by atoms with Crippen molar-refractivity contribution in [2.75, 3.05) is 13.6 Å². The number of carbonyl (C=O) groups is 1. The SMILES string of the molecule is Cc1cc2ccccc2n1CCN(C)C(=O)c1cn(Cc2ccc(Cl)cc2)nn1. The second-order valence-corrected chi connectivity index (χ2v) is 7.59. The van der Waals surface area contributed by atoms with Crippen LogP contribution in [0.15, 0.2) is 60.8 Å². The summed E-state index contributed by atoms with van der Waals surface area (Å²) in [6, 6.07) is 18.0. The van der Waals surface area contributed by atoms with Crippen LogP contribution >= 0.6 is 11.6 Å². The lowest BCUT2D eigenvalue weighted by molar-refractivity contribution is 0.0784. The average Bonchev–Trinajstić information content (AvgIpc) is 3.31. The van der Waals surface area contributed by atoms with E-state index in [-0.39, 0.29) is 5.91 Å². The molecule has 2 heterocycles. The molecule has 148 valence electrons. The Balaban J connectivity index is 1.41. The molecule has 0 fully saturated rings. The Kier molecular flexibility index (Phi) is 5.36. The molecule has 1 amide bonds. The first kappa shape index (κ1) is 19.2. The number of aryl methyl sites for hydroxylation is 1. The van der Waals surface area contributed by atoms with E-state index >= 15 is 0 Å². The van der Waals surface area contributed by atoms with Crippen LogP contribution in [0.25, 0.3) is 10.9 Å². The molecule has 2 aromatic carbocycles.